The summed E-state index contributed by atoms with van der Waals surface area (Å²) in [4.78, 5) is 11.7. The van der Waals surface area contributed by atoms with E-state index in [-0.39, 0.29) is 17.5 Å². The lowest BCUT2D eigenvalue weighted by atomic mass is 10.1. The molecule has 21 heavy (non-hydrogen) atoms. The Morgan fingerprint density at radius 2 is 1.90 bits per heavy atom. The normalized spacial score (nSPS) is 10.2. The highest BCUT2D eigenvalue weighted by Crippen LogP contribution is 2.21. The van der Waals surface area contributed by atoms with Gasteiger partial charge < -0.3 is 10.6 Å². The van der Waals surface area contributed by atoms with Crippen molar-refractivity contribution in [3.05, 3.63) is 64.9 Å². The number of halogens is 2. The summed E-state index contributed by atoms with van der Waals surface area (Å²) in [6.07, 6.45) is 0.782. The van der Waals surface area contributed by atoms with Crippen LogP contribution < -0.4 is 10.6 Å². The molecule has 3 nitrogen and oxygen atoms in total. The first-order chi connectivity index (χ1) is 10.1. The van der Waals surface area contributed by atoms with E-state index in [9.17, 15) is 9.18 Å². The van der Waals surface area contributed by atoms with Gasteiger partial charge in [-0.25, -0.2) is 4.39 Å². The highest BCUT2D eigenvalue weighted by Gasteiger charge is 2.04. The van der Waals surface area contributed by atoms with Crippen molar-refractivity contribution in [3.8, 4) is 0 Å². The molecule has 0 radical (unpaired) electrons. The number of carbonyl (C=O) groups excluding carboxylic acids is 1. The van der Waals surface area contributed by atoms with Gasteiger partial charge in [0.15, 0.2) is 0 Å². The van der Waals surface area contributed by atoms with E-state index < -0.39 is 5.82 Å². The van der Waals surface area contributed by atoms with Crippen LogP contribution in [0.15, 0.2) is 48.5 Å². The Kier molecular flexibility index (Phi) is 5.58. The zero-order valence-electron chi connectivity index (χ0n) is 11.4. The third kappa shape index (κ3) is 5.08. The Morgan fingerprint density at radius 1 is 1.14 bits per heavy atom. The average Bonchev–Trinajstić information content (AvgIpc) is 2.47. The van der Waals surface area contributed by atoms with Crippen molar-refractivity contribution in [2.45, 2.75) is 6.42 Å². The van der Waals surface area contributed by atoms with E-state index in [1.54, 1.807) is 0 Å². The lowest BCUT2D eigenvalue weighted by Gasteiger charge is -2.09. The monoisotopic (exact) mass is 306 g/mol. The molecule has 0 fully saturated rings. The lowest BCUT2D eigenvalue weighted by molar-refractivity contribution is -0.119. The van der Waals surface area contributed by atoms with Gasteiger partial charge in [0.25, 0.3) is 0 Å². The molecule has 0 aliphatic rings. The minimum Gasteiger partial charge on any atom is -0.375 e. The molecule has 0 heterocycles. The maximum Gasteiger partial charge on any atom is 0.239 e. The molecule has 2 N–H and O–H groups in total. The molecule has 110 valence electrons. The van der Waals surface area contributed by atoms with E-state index in [0.29, 0.717) is 12.2 Å². The number of benzene rings is 2. The molecule has 2 aromatic carbocycles. The van der Waals surface area contributed by atoms with E-state index in [1.807, 2.05) is 30.3 Å². The summed E-state index contributed by atoms with van der Waals surface area (Å²) in [7, 11) is 0. The first-order valence-corrected chi connectivity index (χ1v) is 7.02. The summed E-state index contributed by atoms with van der Waals surface area (Å²) >= 11 is 5.86. The minimum atomic E-state index is -0.405. The van der Waals surface area contributed by atoms with Crippen LogP contribution in [0.5, 0.6) is 0 Å². The van der Waals surface area contributed by atoms with Gasteiger partial charge in [-0.1, -0.05) is 41.9 Å². The maximum atomic E-state index is 12.9. The van der Waals surface area contributed by atoms with Gasteiger partial charge in [-0.2, -0.15) is 0 Å². The number of hydrogen-bond donors (Lipinski definition) is 2. The van der Waals surface area contributed by atoms with Crippen molar-refractivity contribution in [1.82, 2.24) is 5.32 Å². The van der Waals surface area contributed by atoms with Crippen LogP contribution in [0.4, 0.5) is 10.1 Å². The molecule has 5 heteroatoms. The van der Waals surface area contributed by atoms with Crippen LogP contribution in [0.2, 0.25) is 5.02 Å². The SMILES string of the molecule is O=C(CNc1ccc(F)cc1Cl)NCCc1ccccc1. The van der Waals surface area contributed by atoms with Gasteiger partial charge in [0, 0.05) is 6.54 Å². The second-order valence-corrected chi connectivity index (χ2v) is 4.97. The van der Waals surface area contributed by atoms with Gasteiger partial charge in [0.2, 0.25) is 5.91 Å². The molecule has 0 saturated carbocycles. The number of anilines is 1. The maximum absolute atomic E-state index is 12.9. The van der Waals surface area contributed by atoms with Crippen LogP contribution in [-0.4, -0.2) is 19.0 Å². The molecule has 0 spiro atoms. The number of hydrogen-bond acceptors (Lipinski definition) is 2. The molecule has 1 amide bonds. The summed E-state index contributed by atoms with van der Waals surface area (Å²) in [6.45, 7) is 0.668. The van der Waals surface area contributed by atoms with E-state index in [2.05, 4.69) is 10.6 Å². The van der Waals surface area contributed by atoms with Crippen LogP contribution >= 0.6 is 11.6 Å². The van der Waals surface area contributed by atoms with Crippen molar-refractivity contribution >= 4 is 23.2 Å². The van der Waals surface area contributed by atoms with E-state index in [1.165, 1.54) is 23.8 Å². The van der Waals surface area contributed by atoms with Crippen molar-refractivity contribution < 1.29 is 9.18 Å². The highest BCUT2D eigenvalue weighted by atomic mass is 35.5. The summed E-state index contributed by atoms with van der Waals surface area (Å²) in [5.41, 5.74) is 1.71. The fourth-order valence-electron chi connectivity index (χ4n) is 1.86. The topological polar surface area (TPSA) is 41.1 Å². The predicted octanol–water partition coefficient (Wildman–Crippen LogP) is 3.25. The molecule has 2 aromatic rings. The van der Waals surface area contributed by atoms with Crippen molar-refractivity contribution in [1.29, 1.82) is 0 Å². The Balaban J connectivity index is 1.72. The molecule has 0 saturated heterocycles. The minimum absolute atomic E-state index is 0.0974. The summed E-state index contributed by atoms with van der Waals surface area (Å²) in [5, 5.41) is 5.95. The summed E-state index contributed by atoms with van der Waals surface area (Å²) in [5.74, 6) is -0.538. The van der Waals surface area contributed by atoms with E-state index >= 15 is 0 Å². The zero-order valence-corrected chi connectivity index (χ0v) is 12.2. The molecule has 0 aliphatic carbocycles. The fraction of sp³-hybridized carbons (Fsp3) is 0.188. The van der Waals surface area contributed by atoms with Gasteiger partial charge >= 0.3 is 0 Å². The van der Waals surface area contributed by atoms with Crippen LogP contribution in [0, 0.1) is 5.82 Å². The number of amides is 1. The van der Waals surface area contributed by atoms with Crippen LogP contribution in [0.25, 0.3) is 0 Å². The molecule has 0 atom stereocenters. The molecule has 2 rings (SSSR count). The third-order valence-electron chi connectivity index (χ3n) is 2.95. The first-order valence-electron chi connectivity index (χ1n) is 6.65. The van der Waals surface area contributed by atoms with Crippen LogP contribution in [0.3, 0.4) is 0 Å². The molecule has 0 aromatic heterocycles. The highest BCUT2D eigenvalue weighted by molar-refractivity contribution is 6.33. The Labute approximate surface area is 128 Å². The Bertz CT molecular complexity index is 604. The second kappa shape index (κ2) is 7.64. The first kappa shape index (κ1) is 15.3. The zero-order chi connectivity index (χ0) is 15.1. The predicted molar refractivity (Wildman–Crippen MR) is 83.1 cm³/mol. The van der Waals surface area contributed by atoms with Gasteiger partial charge in [-0.3, -0.25) is 4.79 Å². The molecule has 0 unspecified atom stereocenters. The van der Waals surface area contributed by atoms with Gasteiger partial charge in [-0.15, -0.1) is 0 Å². The smallest absolute Gasteiger partial charge is 0.239 e. The van der Waals surface area contributed by atoms with Crippen molar-refractivity contribution in [2.75, 3.05) is 18.4 Å². The van der Waals surface area contributed by atoms with Gasteiger partial charge in [0.1, 0.15) is 5.82 Å². The molecule has 0 bridgehead atoms. The Hall–Kier alpha value is -2.07. The van der Waals surface area contributed by atoms with Crippen molar-refractivity contribution in [2.24, 2.45) is 0 Å². The molecule has 0 aliphatic heterocycles. The third-order valence-corrected chi connectivity index (χ3v) is 3.26. The largest absolute Gasteiger partial charge is 0.375 e. The van der Waals surface area contributed by atoms with Crippen LogP contribution in [0.1, 0.15) is 5.56 Å². The van der Waals surface area contributed by atoms with Crippen molar-refractivity contribution in [3.63, 3.8) is 0 Å². The fourth-order valence-corrected chi connectivity index (χ4v) is 2.10. The van der Waals surface area contributed by atoms with Gasteiger partial charge in [-0.05, 0) is 30.2 Å². The summed E-state index contributed by atoms with van der Waals surface area (Å²) in [6, 6.07) is 13.9. The Morgan fingerprint density at radius 3 is 2.62 bits per heavy atom. The van der Waals surface area contributed by atoms with Crippen LogP contribution in [-0.2, 0) is 11.2 Å². The van der Waals surface area contributed by atoms with Gasteiger partial charge in [0.05, 0.1) is 17.3 Å². The summed E-state index contributed by atoms with van der Waals surface area (Å²) < 4.78 is 12.9. The number of carbonyl (C=O) groups is 1. The lowest BCUT2D eigenvalue weighted by Crippen LogP contribution is -2.31. The number of rotatable bonds is 6. The quantitative estimate of drug-likeness (QED) is 0.860. The number of nitrogens with one attached hydrogen (secondary N) is 2. The standard InChI is InChI=1S/C16H16ClFN2O/c17-14-10-13(18)6-7-15(14)20-11-16(21)19-9-8-12-4-2-1-3-5-12/h1-7,10,20H,8-9,11H2,(H,19,21). The van der Waals surface area contributed by atoms with E-state index in [0.717, 1.165) is 6.42 Å². The average molecular weight is 307 g/mol. The van der Waals surface area contributed by atoms with E-state index in [4.69, 9.17) is 11.6 Å². The molecular weight excluding hydrogens is 291 g/mol. The second-order valence-electron chi connectivity index (χ2n) is 4.56. The molecular formula is C16H16ClFN2O.